The molecule has 2 amide bonds. The summed E-state index contributed by atoms with van der Waals surface area (Å²) < 4.78 is 13.3. The van der Waals surface area contributed by atoms with E-state index in [2.05, 4.69) is 10.3 Å². The normalized spacial score (nSPS) is 10.1. The van der Waals surface area contributed by atoms with Gasteiger partial charge >= 0.3 is 0 Å². The van der Waals surface area contributed by atoms with E-state index in [1.54, 1.807) is 12.3 Å². The molecule has 2 rings (SSSR count). The summed E-state index contributed by atoms with van der Waals surface area (Å²) >= 11 is 0. The molecule has 5 nitrogen and oxygen atoms in total. The van der Waals surface area contributed by atoms with Gasteiger partial charge in [-0.25, -0.2) is 4.39 Å². The molecule has 21 heavy (non-hydrogen) atoms. The van der Waals surface area contributed by atoms with Crippen molar-refractivity contribution < 1.29 is 14.0 Å². The molecule has 1 heterocycles. The summed E-state index contributed by atoms with van der Waals surface area (Å²) in [5.41, 5.74) is 5.95. The van der Waals surface area contributed by atoms with Gasteiger partial charge in [-0.05, 0) is 30.3 Å². The molecule has 6 heteroatoms. The standard InChI is InChI=1S/C15H14FN3O2/c16-12-8-10(14(17)20)7-11(9-12)15(21)19-6-4-13-3-1-2-5-18-13/h1-3,5,7-9H,4,6H2,(H2,17,20)(H,19,21). The van der Waals surface area contributed by atoms with Crippen LogP contribution in [-0.2, 0) is 6.42 Å². The van der Waals surface area contributed by atoms with Crippen LogP contribution in [0.1, 0.15) is 26.4 Å². The SMILES string of the molecule is NC(=O)c1cc(F)cc(C(=O)NCCc2ccccn2)c1. The number of nitrogens with two attached hydrogens (primary N) is 1. The zero-order valence-corrected chi connectivity index (χ0v) is 11.2. The summed E-state index contributed by atoms with van der Waals surface area (Å²) in [6.07, 6.45) is 2.23. The maximum absolute atomic E-state index is 13.3. The van der Waals surface area contributed by atoms with E-state index < -0.39 is 17.6 Å². The number of hydrogen-bond acceptors (Lipinski definition) is 3. The van der Waals surface area contributed by atoms with Crippen LogP contribution in [0.2, 0.25) is 0 Å². The second-order valence-corrected chi connectivity index (χ2v) is 4.42. The fourth-order valence-electron chi connectivity index (χ4n) is 1.82. The zero-order valence-electron chi connectivity index (χ0n) is 11.2. The maximum Gasteiger partial charge on any atom is 0.251 e. The Hall–Kier alpha value is -2.76. The van der Waals surface area contributed by atoms with Crippen LogP contribution in [-0.4, -0.2) is 23.3 Å². The highest BCUT2D eigenvalue weighted by Gasteiger charge is 2.11. The van der Waals surface area contributed by atoms with Gasteiger partial charge < -0.3 is 11.1 Å². The first-order valence-electron chi connectivity index (χ1n) is 6.35. The second-order valence-electron chi connectivity index (χ2n) is 4.42. The molecule has 108 valence electrons. The van der Waals surface area contributed by atoms with Gasteiger partial charge in [-0.1, -0.05) is 6.07 Å². The third-order valence-corrected chi connectivity index (χ3v) is 2.84. The van der Waals surface area contributed by atoms with E-state index in [1.165, 1.54) is 6.07 Å². The topological polar surface area (TPSA) is 85.1 Å². The summed E-state index contributed by atoms with van der Waals surface area (Å²) in [5.74, 6) is -1.92. The van der Waals surface area contributed by atoms with E-state index >= 15 is 0 Å². The molecular formula is C15H14FN3O2. The van der Waals surface area contributed by atoms with Crippen molar-refractivity contribution in [1.82, 2.24) is 10.3 Å². The highest BCUT2D eigenvalue weighted by Crippen LogP contribution is 2.09. The number of pyridine rings is 1. The molecule has 2 aromatic rings. The molecule has 0 saturated heterocycles. The summed E-state index contributed by atoms with van der Waals surface area (Å²) in [5, 5.41) is 2.64. The quantitative estimate of drug-likeness (QED) is 0.869. The average Bonchev–Trinajstić information content (AvgIpc) is 2.47. The number of benzene rings is 1. The molecule has 0 aliphatic carbocycles. The van der Waals surface area contributed by atoms with Gasteiger partial charge in [-0.2, -0.15) is 0 Å². The zero-order chi connectivity index (χ0) is 15.2. The predicted molar refractivity (Wildman–Crippen MR) is 75.2 cm³/mol. The average molecular weight is 287 g/mol. The van der Waals surface area contributed by atoms with Crippen molar-refractivity contribution in [3.8, 4) is 0 Å². The number of hydrogen-bond donors (Lipinski definition) is 2. The largest absolute Gasteiger partial charge is 0.366 e. The number of halogens is 1. The molecule has 0 atom stereocenters. The number of rotatable bonds is 5. The highest BCUT2D eigenvalue weighted by molar-refractivity contribution is 5.99. The van der Waals surface area contributed by atoms with Crippen molar-refractivity contribution in [3.63, 3.8) is 0 Å². The molecule has 1 aromatic heterocycles. The van der Waals surface area contributed by atoms with Gasteiger partial charge in [0.25, 0.3) is 5.91 Å². The maximum atomic E-state index is 13.3. The molecule has 0 saturated carbocycles. The fourth-order valence-corrected chi connectivity index (χ4v) is 1.82. The van der Waals surface area contributed by atoms with Gasteiger partial charge in [0, 0.05) is 36.0 Å². The number of amides is 2. The van der Waals surface area contributed by atoms with E-state index in [0.29, 0.717) is 13.0 Å². The first-order chi connectivity index (χ1) is 10.1. The third-order valence-electron chi connectivity index (χ3n) is 2.84. The number of nitrogens with one attached hydrogen (secondary N) is 1. The Labute approximate surface area is 121 Å². The number of nitrogens with zero attached hydrogens (tertiary/aromatic N) is 1. The lowest BCUT2D eigenvalue weighted by molar-refractivity contribution is 0.0953. The van der Waals surface area contributed by atoms with E-state index in [9.17, 15) is 14.0 Å². The molecule has 1 aromatic carbocycles. The Morgan fingerprint density at radius 3 is 2.62 bits per heavy atom. The van der Waals surface area contributed by atoms with Gasteiger partial charge in [-0.3, -0.25) is 14.6 Å². The molecule has 0 radical (unpaired) electrons. The van der Waals surface area contributed by atoms with Crippen LogP contribution in [0.5, 0.6) is 0 Å². The molecule has 0 spiro atoms. The number of aromatic nitrogens is 1. The van der Waals surface area contributed by atoms with Crippen molar-refractivity contribution in [2.24, 2.45) is 5.73 Å². The van der Waals surface area contributed by atoms with E-state index in [4.69, 9.17) is 5.73 Å². The summed E-state index contributed by atoms with van der Waals surface area (Å²) in [6, 6.07) is 8.83. The minimum absolute atomic E-state index is 0.0372. The molecule has 0 bridgehead atoms. The van der Waals surface area contributed by atoms with Crippen LogP contribution >= 0.6 is 0 Å². The lowest BCUT2D eigenvalue weighted by atomic mass is 10.1. The van der Waals surface area contributed by atoms with Crippen molar-refractivity contribution in [1.29, 1.82) is 0 Å². The monoisotopic (exact) mass is 287 g/mol. The third kappa shape index (κ3) is 4.10. The van der Waals surface area contributed by atoms with Gasteiger partial charge in [0.15, 0.2) is 0 Å². The van der Waals surface area contributed by atoms with Gasteiger partial charge in [0.2, 0.25) is 5.91 Å². The first-order valence-corrected chi connectivity index (χ1v) is 6.35. The van der Waals surface area contributed by atoms with E-state index in [1.807, 2.05) is 12.1 Å². The molecule has 0 unspecified atom stereocenters. The van der Waals surface area contributed by atoms with E-state index in [0.717, 1.165) is 17.8 Å². The Balaban J connectivity index is 1.99. The second kappa shape index (κ2) is 6.60. The minimum atomic E-state index is -0.781. The van der Waals surface area contributed by atoms with Crippen LogP contribution in [0.4, 0.5) is 4.39 Å². The van der Waals surface area contributed by atoms with Crippen LogP contribution < -0.4 is 11.1 Å². The van der Waals surface area contributed by atoms with E-state index in [-0.39, 0.29) is 11.1 Å². The lowest BCUT2D eigenvalue weighted by Crippen LogP contribution is -2.26. The molecule has 0 aliphatic rings. The fraction of sp³-hybridized carbons (Fsp3) is 0.133. The molecular weight excluding hydrogens is 273 g/mol. The Morgan fingerprint density at radius 2 is 1.95 bits per heavy atom. The summed E-state index contributed by atoms with van der Waals surface area (Å²) in [7, 11) is 0. The Bertz CT molecular complexity index is 659. The van der Waals surface area contributed by atoms with Crippen molar-refractivity contribution in [2.75, 3.05) is 6.54 Å². The Morgan fingerprint density at radius 1 is 1.19 bits per heavy atom. The molecule has 0 fully saturated rings. The van der Waals surface area contributed by atoms with Gasteiger partial charge in [0.1, 0.15) is 5.82 Å². The highest BCUT2D eigenvalue weighted by atomic mass is 19.1. The Kier molecular flexibility index (Phi) is 4.61. The van der Waals surface area contributed by atoms with Gasteiger partial charge in [-0.15, -0.1) is 0 Å². The van der Waals surface area contributed by atoms with Crippen LogP contribution in [0, 0.1) is 5.82 Å². The van der Waals surface area contributed by atoms with Crippen molar-refractivity contribution in [3.05, 3.63) is 65.2 Å². The first kappa shape index (κ1) is 14.6. The molecule has 0 aliphatic heterocycles. The molecule has 3 N–H and O–H groups in total. The van der Waals surface area contributed by atoms with Crippen LogP contribution in [0.3, 0.4) is 0 Å². The summed E-state index contributed by atoms with van der Waals surface area (Å²) in [6.45, 7) is 0.359. The number of primary amides is 1. The van der Waals surface area contributed by atoms with Crippen molar-refractivity contribution in [2.45, 2.75) is 6.42 Å². The van der Waals surface area contributed by atoms with Crippen LogP contribution in [0.25, 0.3) is 0 Å². The number of carbonyl (C=O) groups excluding carboxylic acids is 2. The number of carbonyl (C=O) groups is 2. The summed E-state index contributed by atoms with van der Waals surface area (Å²) in [4.78, 5) is 27.1. The van der Waals surface area contributed by atoms with Gasteiger partial charge in [0.05, 0.1) is 0 Å². The van der Waals surface area contributed by atoms with Crippen molar-refractivity contribution >= 4 is 11.8 Å². The lowest BCUT2D eigenvalue weighted by Gasteiger charge is -2.06. The predicted octanol–water partition coefficient (Wildman–Crippen LogP) is 1.29. The van der Waals surface area contributed by atoms with Crippen LogP contribution in [0.15, 0.2) is 42.6 Å². The smallest absolute Gasteiger partial charge is 0.251 e. The minimum Gasteiger partial charge on any atom is -0.366 e.